The van der Waals surface area contributed by atoms with Crippen molar-refractivity contribution in [2.75, 3.05) is 18.6 Å². The topological polar surface area (TPSA) is 144 Å². The Morgan fingerprint density at radius 3 is 1.31 bits per heavy atom. The van der Waals surface area contributed by atoms with E-state index in [1.807, 2.05) is 47.2 Å². The molecule has 8 rings (SSSR count). The number of nitrogens with zero attached hydrogens (tertiary/aromatic N) is 2. The summed E-state index contributed by atoms with van der Waals surface area (Å²) in [7, 11) is 1.30. The van der Waals surface area contributed by atoms with Crippen LogP contribution >= 0.6 is 31.9 Å². The van der Waals surface area contributed by atoms with E-state index in [9.17, 15) is 41.0 Å². The molecule has 18 heteroatoms. The smallest absolute Gasteiger partial charge is 0.338 e. The maximum atomic E-state index is 14.2. The molecule has 0 spiro atoms. The van der Waals surface area contributed by atoms with Gasteiger partial charge in [0.15, 0.2) is 0 Å². The average Bonchev–Trinajstić information content (AvgIpc) is 3.89. The second kappa shape index (κ2) is 21.3. The predicted molar refractivity (Wildman–Crippen MR) is 265 cm³/mol. The first kappa shape index (κ1) is 51.4. The van der Waals surface area contributed by atoms with E-state index in [1.54, 1.807) is 68.4 Å². The van der Waals surface area contributed by atoms with Gasteiger partial charge in [0.25, 0.3) is 0 Å². The number of nitrogens with two attached hydrogens (primary N) is 2. The van der Waals surface area contributed by atoms with E-state index in [4.69, 9.17) is 25.7 Å². The zero-order valence-electron chi connectivity index (χ0n) is 38.4. The number of ether oxygens (including phenoxy) is 3. The molecule has 0 fully saturated rings. The summed E-state index contributed by atoms with van der Waals surface area (Å²) in [5.74, 6) is -7.13. The summed E-state index contributed by atoms with van der Waals surface area (Å²) in [6, 6.07) is 26.8. The van der Waals surface area contributed by atoms with E-state index in [2.05, 4.69) is 31.9 Å². The molecule has 0 saturated carbocycles. The third-order valence-corrected chi connectivity index (χ3v) is 12.5. The van der Waals surface area contributed by atoms with E-state index >= 15 is 0 Å². The molecule has 0 aliphatic rings. The maximum Gasteiger partial charge on any atom is 0.338 e. The largest absolute Gasteiger partial charge is 0.488 e. The van der Waals surface area contributed by atoms with Crippen molar-refractivity contribution in [3.63, 3.8) is 0 Å². The predicted octanol–water partition coefficient (Wildman–Crippen LogP) is 13.7. The number of carboxylic acids is 1. The number of carboxylic acid groups (broad SMARTS) is 1. The van der Waals surface area contributed by atoms with Gasteiger partial charge in [-0.3, -0.25) is 0 Å². The highest BCUT2D eigenvalue weighted by molar-refractivity contribution is 9.10. The third-order valence-electron chi connectivity index (χ3n) is 11.6. The zero-order valence-corrected chi connectivity index (χ0v) is 41.5. The molecule has 2 heterocycles. The Morgan fingerprint density at radius 1 is 0.549 bits per heavy atom. The van der Waals surface area contributed by atoms with E-state index in [-0.39, 0.29) is 11.1 Å². The molecule has 71 heavy (non-hydrogen) atoms. The summed E-state index contributed by atoms with van der Waals surface area (Å²) in [6.07, 6.45) is 0. The molecule has 2 aromatic heterocycles. The number of anilines is 2. The van der Waals surface area contributed by atoms with E-state index in [1.165, 1.54) is 13.2 Å². The van der Waals surface area contributed by atoms with Crippen LogP contribution in [0.1, 0.15) is 54.4 Å². The first-order valence-corrected chi connectivity index (χ1v) is 22.9. The second-order valence-electron chi connectivity index (χ2n) is 16.2. The molecule has 8 aromatic rings. The number of carbonyl (C=O) groups excluding carboxylic acids is 1. The van der Waals surface area contributed by atoms with E-state index in [0.29, 0.717) is 97.7 Å². The van der Waals surface area contributed by atoms with Gasteiger partial charge in [0, 0.05) is 78.5 Å². The number of aryl methyl sites for hydroxylation is 2. The van der Waals surface area contributed by atoms with Crippen LogP contribution < -0.4 is 20.9 Å². The number of hydrogen-bond acceptors (Lipinski definition) is 7. The van der Waals surface area contributed by atoms with Crippen LogP contribution in [-0.4, -0.2) is 33.3 Å². The van der Waals surface area contributed by atoms with Gasteiger partial charge >= 0.3 is 11.9 Å². The Labute approximate surface area is 420 Å². The Balaban J connectivity index is 0.000000209. The van der Waals surface area contributed by atoms with Crippen molar-refractivity contribution in [1.29, 1.82) is 0 Å². The van der Waals surface area contributed by atoms with Crippen LogP contribution in [-0.2, 0) is 18.0 Å². The maximum absolute atomic E-state index is 14.2. The number of hydrogen-bond donors (Lipinski definition) is 3. The summed E-state index contributed by atoms with van der Waals surface area (Å²) in [5, 5.41) is 9.61. The summed E-state index contributed by atoms with van der Waals surface area (Å²) in [4.78, 5) is 24.1. The van der Waals surface area contributed by atoms with Gasteiger partial charge in [-0.15, -0.1) is 0 Å². The van der Waals surface area contributed by atoms with Crippen LogP contribution in [0.4, 0.5) is 37.7 Å². The average molecular weight is 1100 g/mol. The Bertz CT molecular complexity index is 3350. The molecule has 5 N–H and O–H groups in total. The molecule has 366 valence electrons. The number of aromatic nitrogens is 2. The molecule has 0 amide bonds. The number of halogens is 8. The molecule has 10 nitrogen and oxygen atoms in total. The lowest BCUT2D eigenvalue weighted by Gasteiger charge is -2.18. The number of benzene rings is 6. The Morgan fingerprint density at radius 2 is 0.930 bits per heavy atom. The summed E-state index contributed by atoms with van der Waals surface area (Å²) in [5.41, 5.74) is 19.0. The molecule has 0 bridgehead atoms. The summed E-state index contributed by atoms with van der Waals surface area (Å²) >= 11 is 6.90. The molecule has 6 aromatic carbocycles. The van der Waals surface area contributed by atoms with Crippen LogP contribution in [0.3, 0.4) is 0 Å². The lowest BCUT2D eigenvalue weighted by Crippen LogP contribution is -2.09. The number of methoxy groups -OCH3 is 1. The molecule has 0 radical (unpaired) electrons. The fraction of sp³-hybridized carbons (Fsp3) is 0.132. The highest BCUT2D eigenvalue weighted by Gasteiger charge is 2.22. The molecular weight excluding hydrogens is 1060 g/mol. The SMILES string of the molecule is COC(=O)c1cc(-n2c(C)ccc2-c2cc(Br)ccc2OCc2c(F)cc(F)cc2F)cc(N)c1C.Cc1c(N)cc(-n2c(C)ccc2-c2cc(Br)ccc2OCc2c(F)cc(F)cc2F)cc1C(=O)O. The van der Waals surface area contributed by atoms with Gasteiger partial charge in [-0.2, -0.15) is 0 Å². The Kier molecular flexibility index (Phi) is 15.4. The number of aromatic carboxylic acids is 1. The van der Waals surface area contributed by atoms with Gasteiger partial charge in [0.1, 0.15) is 59.6 Å². The van der Waals surface area contributed by atoms with Crippen molar-refractivity contribution in [1.82, 2.24) is 9.13 Å². The molecule has 0 saturated heterocycles. The fourth-order valence-corrected chi connectivity index (χ4v) is 8.53. The first-order chi connectivity index (χ1) is 33.7. The normalized spacial score (nSPS) is 11.0. The number of carbonyl (C=O) groups is 2. The van der Waals surface area contributed by atoms with E-state index in [0.717, 1.165) is 20.3 Å². The lowest BCUT2D eigenvalue weighted by molar-refractivity contribution is 0.0599. The van der Waals surface area contributed by atoms with Crippen molar-refractivity contribution >= 4 is 55.2 Å². The molecular formula is C53H42Br2F6N4O6. The quantitative estimate of drug-likeness (QED) is 0.0623. The standard InChI is InChI=1S/C27H22BrF3N2O3.C26H20BrF3N2O3/c1-14-4-6-25(33(14)18-11-19(27(34)35-3)15(2)24(32)12-18)20-8-16(28)5-7-26(20)36-13-21-22(30)9-17(29)10-23(21)31;1-13-3-5-24(32(13)17-10-18(26(33)34)14(2)23(31)11-17)19-7-15(27)4-6-25(19)35-12-20-21(29)8-16(28)9-22(20)30/h4-12H,13,32H2,1-3H3;3-11H,12,31H2,1-2H3,(H,33,34). The van der Waals surface area contributed by atoms with Crippen molar-refractivity contribution in [2.24, 2.45) is 0 Å². The lowest BCUT2D eigenvalue weighted by atomic mass is 10.0. The van der Waals surface area contributed by atoms with Crippen LogP contribution in [0.5, 0.6) is 11.5 Å². The summed E-state index contributed by atoms with van der Waals surface area (Å²) < 4.78 is 105. The molecule has 0 aliphatic heterocycles. The number of rotatable bonds is 12. The highest BCUT2D eigenvalue weighted by Crippen LogP contribution is 2.39. The first-order valence-electron chi connectivity index (χ1n) is 21.3. The van der Waals surface area contributed by atoms with Gasteiger partial charge in [0.05, 0.1) is 40.8 Å². The second-order valence-corrected chi connectivity index (χ2v) is 18.0. The van der Waals surface area contributed by atoms with Crippen molar-refractivity contribution in [2.45, 2.75) is 40.9 Å². The van der Waals surface area contributed by atoms with Gasteiger partial charge in [-0.05, 0) is 124 Å². The third kappa shape index (κ3) is 11.0. The van der Waals surface area contributed by atoms with Gasteiger partial charge in [-0.1, -0.05) is 31.9 Å². The van der Waals surface area contributed by atoms with Gasteiger partial charge in [0.2, 0.25) is 0 Å². The number of esters is 1. The molecule has 0 unspecified atom stereocenters. The fourth-order valence-electron chi connectivity index (χ4n) is 7.80. The minimum Gasteiger partial charge on any atom is -0.488 e. The van der Waals surface area contributed by atoms with Crippen molar-refractivity contribution < 1.29 is 55.2 Å². The molecule has 0 atom stereocenters. The summed E-state index contributed by atoms with van der Waals surface area (Å²) in [6.45, 7) is 6.20. The van der Waals surface area contributed by atoms with Crippen molar-refractivity contribution in [3.05, 3.63) is 198 Å². The zero-order chi connectivity index (χ0) is 51.6. The van der Waals surface area contributed by atoms with Crippen molar-refractivity contribution in [3.8, 4) is 45.4 Å². The minimum atomic E-state index is -1.10. The van der Waals surface area contributed by atoms with Crippen LogP contribution in [0.25, 0.3) is 33.9 Å². The van der Waals surface area contributed by atoms with Crippen LogP contribution in [0.2, 0.25) is 0 Å². The number of nitrogen functional groups attached to an aromatic ring is 2. The van der Waals surface area contributed by atoms with Crippen LogP contribution in [0.15, 0.2) is 118 Å². The molecule has 0 aliphatic carbocycles. The Hall–Kier alpha value is -7.44. The van der Waals surface area contributed by atoms with Gasteiger partial charge in [-0.25, -0.2) is 35.9 Å². The highest BCUT2D eigenvalue weighted by atomic mass is 79.9. The van der Waals surface area contributed by atoms with Gasteiger partial charge < -0.3 is 39.9 Å². The van der Waals surface area contributed by atoms with Crippen LogP contribution in [0, 0.1) is 62.6 Å². The van der Waals surface area contributed by atoms with E-state index < -0.39 is 65.6 Å². The monoisotopic (exact) mass is 1100 g/mol. The minimum absolute atomic E-state index is 0.0759.